The molecule has 0 bridgehead atoms. The van der Waals surface area contributed by atoms with Crippen LogP contribution in [0, 0.1) is 5.41 Å². The number of carbonyl (C=O) groups is 2. The quantitative estimate of drug-likeness (QED) is 0.318. The Hall–Kier alpha value is -1.32. The zero-order valence-electron chi connectivity index (χ0n) is 9.66. The monoisotopic (exact) mass is 214 g/mol. The minimum absolute atomic E-state index is 0.288. The van der Waals surface area contributed by atoms with E-state index in [0.29, 0.717) is 13.0 Å². The molecular weight excluding hydrogens is 196 g/mol. The van der Waals surface area contributed by atoms with E-state index in [4.69, 9.17) is 9.84 Å². The van der Waals surface area contributed by atoms with Crippen molar-refractivity contribution < 1.29 is 19.4 Å². The van der Waals surface area contributed by atoms with Gasteiger partial charge in [-0.1, -0.05) is 20.8 Å². The van der Waals surface area contributed by atoms with Gasteiger partial charge in [-0.3, -0.25) is 4.79 Å². The fourth-order valence-electron chi connectivity index (χ4n) is 0.893. The molecule has 86 valence electrons. The van der Waals surface area contributed by atoms with Crippen LogP contribution in [-0.2, 0) is 14.3 Å². The second kappa shape index (κ2) is 5.53. The zero-order chi connectivity index (χ0) is 12.1. The first-order valence-corrected chi connectivity index (χ1v) is 4.96. The highest BCUT2D eigenvalue weighted by Crippen LogP contribution is 2.25. The largest absolute Gasteiger partial charge is 0.500 e. The van der Waals surface area contributed by atoms with Crippen LogP contribution in [0.25, 0.3) is 0 Å². The van der Waals surface area contributed by atoms with E-state index >= 15 is 0 Å². The molecule has 0 fully saturated rings. The molecule has 1 N–H and O–H groups in total. The van der Waals surface area contributed by atoms with Crippen LogP contribution in [0.15, 0.2) is 11.8 Å². The average molecular weight is 214 g/mol. The Kier molecular flexibility index (Phi) is 5.05. The van der Waals surface area contributed by atoms with Crippen LogP contribution >= 0.6 is 0 Å². The first-order chi connectivity index (χ1) is 6.86. The molecule has 0 amide bonds. The standard InChI is InChI=1S/C11H18O4/c1-5-11(3,4)9(12)8(10(13)14)7-15-6-2/h7H,5-6H2,1-4H3,(H,13,14). The summed E-state index contributed by atoms with van der Waals surface area (Å²) in [6.07, 6.45) is 1.62. The predicted molar refractivity (Wildman–Crippen MR) is 56.4 cm³/mol. The van der Waals surface area contributed by atoms with Gasteiger partial charge in [-0.15, -0.1) is 0 Å². The summed E-state index contributed by atoms with van der Waals surface area (Å²) in [6.45, 7) is 7.36. The van der Waals surface area contributed by atoms with Crippen molar-refractivity contribution in [1.29, 1.82) is 0 Å². The van der Waals surface area contributed by atoms with Crippen LogP contribution in [0.3, 0.4) is 0 Å². The van der Waals surface area contributed by atoms with Crippen molar-refractivity contribution in [2.24, 2.45) is 5.41 Å². The average Bonchev–Trinajstić information content (AvgIpc) is 2.17. The Bertz CT molecular complexity index is 276. The number of aliphatic carboxylic acids is 1. The van der Waals surface area contributed by atoms with E-state index in [-0.39, 0.29) is 5.57 Å². The maximum Gasteiger partial charge on any atom is 0.342 e. The molecule has 0 heterocycles. The summed E-state index contributed by atoms with van der Waals surface area (Å²) < 4.78 is 4.85. The highest BCUT2D eigenvalue weighted by molar-refractivity contribution is 6.18. The number of hydrogen-bond donors (Lipinski definition) is 1. The molecule has 0 unspecified atom stereocenters. The lowest BCUT2D eigenvalue weighted by Gasteiger charge is -2.20. The molecule has 0 aromatic heterocycles. The van der Waals surface area contributed by atoms with E-state index in [1.807, 2.05) is 6.92 Å². The van der Waals surface area contributed by atoms with Crippen LogP contribution < -0.4 is 0 Å². The lowest BCUT2D eigenvalue weighted by molar-refractivity contribution is -0.136. The van der Waals surface area contributed by atoms with Gasteiger partial charge in [-0.05, 0) is 13.3 Å². The Morgan fingerprint density at radius 2 is 1.87 bits per heavy atom. The van der Waals surface area contributed by atoms with E-state index in [9.17, 15) is 9.59 Å². The minimum Gasteiger partial charge on any atom is -0.500 e. The minimum atomic E-state index is -1.24. The number of ketones is 1. The fraction of sp³-hybridized carbons (Fsp3) is 0.636. The lowest BCUT2D eigenvalue weighted by atomic mass is 9.82. The van der Waals surface area contributed by atoms with Crippen molar-refractivity contribution in [2.45, 2.75) is 34.1 Å². The summed E-state index contributed by atoms with van der Waals surface area (Å²) in [6, 6.07) is 0. The van der Waals surface area contributed by atoms with Crippen LogP contribution in [0.2, 0.25) is 0 Å². The van der Waals surface area contributed by atoms with Crippen molar-refractivity contribution in [3.63, 3.8) is 0 Å². The van der Waals surface area contributed by atoms with E-state index in [0.717, 1.165) is 6.26 Å². The number of carboxylic acids is 1. The van der Waals surface area contributed by atoms with E-state index in [2.05, 4.69) is 0 Å². The highest BCUT2D eigenvalue weighted by atomic mass is 16.5. The van der Waals surface area contributed by atoms with Crippen LogP contribution in [-0.4, -0.2) is 23.5 Å². The smallest absolute Gasteiger partial charge is 0.342 e. The molecule has 0 aliphatic rings. The second-order valence-electron chi connectivity index (χ2n) is 3.86. The summed E-state index contributed by atoms with van der Waals surface area (Å²) in [5.41, 5.74) is -0.954. The van der Waals surface area contributed by atoms with Gasteiger partial charge in [0.1, 0.15) is 11.8 Å². The van der Waals surface area contributed by atoms with Crippen LogP contribution in [0.1, 0.15) is 34.1 Å². The summed E-state index contributed by atoms with van der Waals surface area (Å²) in [5.74, 6) is -1.64. The van der Waals surface area contributed by atoms with Gasteiger partial charge >= 0.3 is 5.97 Å². The van der Waals surface area contributed by atoms with Crippen molar-refractivity contribution in [3.8, 4) is 0 Å². The SMILES string of the molecule is CCOC=C(C(=O)O)C(=O)C(C)(C)CC. The summed E-state index contributed by atoms with van der Waals surface area (Å²) in [5, 5.41) is 8.86. The van der Waals surface area contributed by atoms with Gasteiger partial charge in [-0.2, -0.15) is 0 Å². The van der Waals surface area contributed by atoms with E-state index in [1.54, 1.807) is 20.8 Å². The highest BCUT2D eigenvalue weighted by Gasteiger charge is 2.32. The number of ether oxygens (including phenoxy) is 1. The van der Waals surface area contributed by atoms with Gasteiger partial charge in [-0.25, -0.2) is 4.79 Å². The third kappa shape index (κ3) is 3.73. The van der Waals surface area contributed by atoms with Gasteiger partial charge in [0, 0.05) is 5.41 Å². The third-order valence-corrected chi connectivity index (χ3v) is 2.34. The Morgan fingerprint density at radius 1 is 1.33 bits per heavy atom. The summed E-state index contributed by atoms with van der Waals surface area (Å²) in [7, 11) is 0. The number of Topliss-reactive ketones (excluding diaryl/α,β-unsaturated/α-hetero) is 1. The fourth-order valence-corrected chi connectivity index (χ4v) is 0.893. The summed E-state index contributed by atoms with van der Waals surface area (Å²) in [4.78, 5) is 22.7. The molecule has 4 heteroatoms. The molecule has 0 aliphatic heterocycles. The van der Waals surface area contributed by atoms with Crippen molar-refractivity contribution in [1.82, 2.24) is 0 Å². The van der Waals surface area contributed by atoms with Crippen molar-refractivity contribution in [2.75, 3.05) is 6.61 Å². The molecule has 0 spiro atoms. The van der Waals surface area contributed by atoms with Gasteiger partial charge < -0.3 is 9.84 Å². The molecule has 4 nitrogen and oxygen atoms in total. The topological polar surface area (TPSA) is 63.6 Å². The molecule has 0 radical (unpaired) electrons. The van der Waals surface area contributed by atoms with Crippen LogP contribution in [0.4, 0.5) is 0 Å². The Morgan fingerprint density at radius 3 is 2.20 bits per heavy atom. The lowest BCUT2D eigenvalue weighted by Crippen LogP contribution is -2.28. The van der Waals surface area contributed by atoms with E-state index in [1.165, 1.54) is 0 Å². The van der Waals surface area contributed by atoms with Crippen molar-refractivity contribution in [3.05, 3.63) is 11.8 Å². The van der Waals surface area contributed by atoms with E-state index < -0.39 is 17.2 Å². The zero-order valence-corrected chi connectivity index (χ0v) is 9.66. The van der Waals surface area contributed by atoms with Gasteiger partial charge in [0.25, 0.3) is 0 Å². The Labute approximate surface area is 89.9 Å². The predicted octanol–water partition coefficient (Wildman–Crippen LogP) is 2.00. The molecule has 0 saturated heterocycles. The number of carbonyl (C=O) groups excluding carboxylic acids is 1. The maximum absolute atomic E-state index is 11.8. The van der Waals surface area contributed by atoms with Crippen molar-refractivity contribution >= 4 is 11.8 Å². The third-order valence-electron chi connectivity index (χ3n) is 2.34. The Balaban J connectivity index is 4.95. The molecule has 0 aromatic rings. The van der Waals surface area contributed by atoms with Gasteiger partial charge in [0.15, 0.2) is 5.78 Å². The first kappa shape index (κ1) is 13.7. The summed E-state index contributed by atoms with van der Waals surface area (Å²) >= 11 is 0. The first-order valence-electron chi connectivity index (χ1n) is 4.96. The molecular formula is C11H18O4. The molecule has 0 atom stereocenters. The second-order valence-corrected chi connectivity index (χ2v) is 3.86. The molecule has 15 heavy (non-hydrogen) atoms. The maximum atomic E-state index is 11.8. The number of hydrogen-bond acceptors (Lipinski definition) is 3. The molecule has 0 aromatic carbocycles. The molecule has 0 aliphatic carbocycles. The van der Waals surface area contributed by atoms with Crippen LogP contribution in [0.5, 0.6) is 0 Å². The molecule has 0 rings (SSSR count). The molecule has 0 saturated carbocycles. The van der Waals surface area contributed by atoms with Gasteiger partial charge in [0.05, 0.1) is 6.61 Å². The van der Waals surface area contributed by atoms with Gasteiger partial charge in [0.2, 0.25) is 0 Å². The number of rotatable bonds is 6. The number of carboxylic acid groups (broad SMARTS) is 1. The normalized spacial score (nSPS) is 12.4.